The lowest BCUT2D eigenvalue weighted by atomic mass is 9.96. The van der Waals surface area contributed by atoms with Gasteiger partial charge in [0, 0.05) is 48.7 Å². The number of hydrogen-bond donors (Lipinski definition) is 1. The summed E-state index contributed by atoms with van der Waals surface area (Å²) in [5.41, 5.74) is 5.19. The second kappa shape index (κ2) is 11.6. The van der Waals surface area contributed by atoms with E-state index >= 15 is 0 Å². The molecule has 1 amide bonds. The third kappa shape index (κ3) is 5.50. The van der Waals surface area contributed by atoms with Crippen molar-refractivity contribution < 1.29 is 9.53 Å². The molecule has 1 fully saturated rings. The average Bonchev–Trinajstić information content (AvgIpc) is 3.36. The Morgan fingerprint density at radius 2 is 1.85 bits per heavy atom. The number of anilines is 1. The van der Waals surface area contributed by atoms with Crippen LogP contribution in [-0.4, -0.2) is 45.8 Å². The van der Waals surface area contributed by atoms with E-state index in [1.54, 1.807) is 13.2 Å². The zero-order chi connectivity index (χ0) is 28.4. The van der Waals surface area contributed by atoms with E-state index in [2.05, 4.69) is 28.3 Å². The first kappa shape index (κ1) is 27.6. The van der Waals surface area contributed by atoms with Crippen molar-refractivity contribution in [3.63, 3.8) is 0 Å². The van der Waals surface area contributed by atoms with Crippen molar-refractivity contribution in [2.75, 3.05) is 25.5 Å². The van der Waals surface area contributed by atoms with Crippen molar-refractivity contribution >= 4 is 23.2 Å². The van der Waals surface area contributed by atoms with Gasteiger partial charge in [0.05, 0.1) is 17.8 Å². The number of carbonyl (C=O) groups is 1. The van der Waals surface area contributed by atoms with Crippen LogP contribution in [-0.2, 0) is 13.6 Å². The van der Waals surface area contributed by atoms with E-state index in [1.807, 2.05) is 43.3 Å². The van der Waals surface area contributed by atoms with Gasteiger partial charge in [0.1, 0.15) is 5.56 Å². The molecular weight excluding hydrogens is 526 g/mol. The van der Waals surface area contributed by atoms with Crippen LogP contribution in [0.25, 0.3) is 22.4 Å². The van der Waals surface area contributed by atoms with Crippen LogP contribution >= 0.6 is 11.6 Å². The maximum Gasteiger partial charge on any atom is 0.279 e. The molecule has 0 saturated carbocycles. The van der Waals surface area contributed by atoms with E-state index < -0.39 is 11.5 Å². The molecule has 1 N–H and O–H groups in total. The lowest BCUT2D eigenvalue weighted by Gasteiger charge is -2.18. The Kier molecular flexibility index (Phi) is 8.00. The summed E-state index contributed by atoms with van der Waals surface area (Å²) in [4.78, 5) is 32.5. The van der Waals surface area contributed by atoms with Gasteiger partial charge in [-0.2, -0.15) is 5.10 Å². The minimum absolute atomic E-state index is 0.0186. The summed E-state index contributed by atoms with van der Waals surface area (Å²) in [5.74, 6) is 0.808. The molecule has 0 bridgehead atoms. The van der Waals surface area contributed by atoms with Crippen molar-refractivity contribution in [1.29, 1.82) is 0 Å². The number of rotatable bonds is 7. The molecule has 0 aliphatic carbocycles. The molecule has 1 aliphatic heterocycles. The van der Waals surface area contributed by atoms with Gasteiger partial charge in [0.25, 0.3) is 11.5 Å². The van der Waals surface area contributed by atoms with Crippen LogP contribution in [0, 0.1) is 12.8 Å². The third-order valence-corrected chi connectivity index (χ3v) is 7.84. The molecule has 1 atom stereocenters. The van der Waals surface area contributed by atoms with Crippen LogP contribution in [0.2, 0.25) is 5.02 Å². The number of hydrogen-bond acceptors (Lipinski definition) is 6. The van der Waals surface area contributed by atoms with Gasteiger partial charge in [-0.25, -0.2) is 9.67 Å². The summed E-state index contributed by atoms with van der Waals surface area (Å²) in [5, 5.41) is 7.30. The predicted molar refractivity (Wildman–Crippen MR) is 158 cm³/mol. The Labute approximate surface area is 238 Å². The normalized spacial score (nSPS) is 15.3. The summed E-state index contributed by atoms with van der Waals surface area (Å²) in [6.45, 7) is 7.16. The second-order valence-corrected chi connectivity index (χ2v) is 10.6. The second-order valence-electron chi connectivity index (χ2n) is 10.3. The van der Waals surface area contributed by atoms with Gasteiger partial charge >= 0.3 is 0 Å². The van der Waals surface area contributed by atoms with Gasteiger partial charge < -0.3 is 10.1 Å². The molecule has 1 unspecified atom stereocenters. The number of nitrogens with zero attached hydrogens (tertiary/aromatic N) is 4. The number of methoxy groups -OCH3 is 1. The quantitative estimate of drug-likeness (QED) is 0.319. The van der Waals surface area contributed by atoms with Crippen LogP contribution < -0.4 is 15.6 Å². The van der Waals surface area contributed by atoms with Crippen molar-refractivity contribution in [3.8, 4) is 28.3 Å². The van der Waals surface area contributed by atoms with E-state index in [-0.39, 0.29) is 5.56 Å². The number of halogens is 1. The molecule has 8 nitrogen and oxygen atoms in total. The molecule has 0 spiro atoms. The Hall–Kier alpha value is -4.01. The number of pyridine rings is 1. The van der Waals surface area contributed by atoms with Crippen molar-refractivity contribution in [2.45, 2.75) is 26.8 Å². The minimum atomic E-state index is -0.497. The Morgan fingerprint density at radius 3 is 2.60 bits per heavy atom. The molecular formula is C31H32ClN5O3. The molecule has 0 radical (unpaired) electrons. The summed E-state index contributed by atoms with van der Waals surface area (Å²) < 4.78 is 6.81. The highest BCUT2D eigenvalue weighted by Crippen LogP contribution is 2.39. The van der Waals surface area contributed by atoms with E-state index in [9.17, 15) is 9.59 Å². The molecule has 1 saturated heterocycles. The predicted octanol–water partition coefficient (Wildman–Crippen LogP) is 5.57. The fraction of sp³-hybridized carbons (Fsp3) is 0.290. The molecule has 206 valence electrons. The fourth-order valence-corrected chi connectivity index (χ4v) is 5.52. The number of aryl methyl sites for hydroxylation is 1. The van der Waals surface area contributed by atoms with Gasteiger partial charge in [-0.05, 0) is 55.1 Å². The largest absolute Gasteiger partial charge is 0.481 e. The van der Waals surface area contributed by atoms with Crippen LogP contribution in [0.15, 0.2) is 65.6 Å². The molecule has 4 aromatic rings. The smallest absolute Gasteiger partial charge is 0.279 e. The summed E-state index contributed by atoms with van der Waals surface area (Å²) >= 11 is 7.00. The van der Waals surface area contributed by atoms with Crippen LogP contribution in [0.5, 0.6) is 5.88 Å². The van der Waals surface area contributed by atoms with Gasteiger partial charge in [-0.3, -0.25) is 14.5 Å². The highest BCUT2D eigenvalue weighted by atomic mass is 35.5. The number of likely N-dealkylation sites (tertiary alicyclic amines) is 1. The molecule has 1 aliphatic rings. The third-order valence-electron chi connectivity index (χ3n) is 7.43. The number of carbonyl (C=O) groups excluding carboxylic acids is 1. The number of amides is 1. The number of benzene rings is 2. The summed E-state index contributed by atoms with van der Waals surface area (Å²) in [7, 11) is 3.15. The highest BCUT2D eigenvalue weighted by Gasteiger charge is 2.21. The first-order valence-electron chi connectivity index (χ1n) is 13.3. The van der Waals surface area contributed by atoms with Crippen LogP contribution in [0.3, 0.4) is 0 Å². The number of ether oxygens (including phenoxy) is 1. The standard InChI is InChI=1S/C31H32ClN5O3/c1-19-14-16-37(17-19)18-21-11-12-27(35-30(21)40-4)24-9-5-8-23(28(24)32)22-7-6-10-26(20(22)2)34-29(38)25-13-15-33-36(3)31(25)39/h5-13,15,19H,14,16-18H2,1-4H3,(H,34,38). The molecule has 5 rings (SSSR count). The van der Waals surface area contributed by atoms with Crippen molar-refractivity contribution in [3.05, 3.63) is 92.9 Å². The number of aromatic nitrogens is 3. The van der Waals surface area contributed by atoms with Gasteiger partial charge in [-0.1, -0.05) is 54.9 Å². The van der Waals surface area contributed by atoms with Gasteiger partial charge in [0.15, 0.2) is 0 Å². The van der Waals surface area contributed by atoms with Crippen LogP contribution in [0.1, 0.15) is 34.8 Å². The van der Waals surface area contributed by atoms with Crippen molar-refractivity contribution in [1.82, 2.24) is 19.7 Å². The lowest BCUT2D eigenvalue weighted by molar-refractivity contribution is 0.102. The highest BCUT2D eigenvalue weighted by molar-refractivity contribution is 6.36. The first-order chi connectivity index (χ1) is 19.3. The van der Waals surface area contributed by atoms with E-state index in [4.69, 9.17) is 21.3 Å². The SMILES string of the molecule is COc1nc(-c2cccc(-c3cccc(NC(=O)c4ccnn(C)c4=O)c3C)c2Cl)ccc1CN1CCC(C)C1. The van der Waals surface area contributed by atoms with E-state index in [1.165, 1.54) is 25.7 Å². The molecule has 3 heterocycles. The zero-order valence-corrected chi connectivity index (χ0v) is 23.8. The van der Waals surface area contributed by atoms with Gasteiger partial charge in [0.2, 0.25) is 5.88 Å². The first-order valence-corrected chi connectivity index (χ1v) is 13.6. The fourth-order valence-electron chi connectivity index (χ4n) is 5.20. The summed E-state index contributed by atoms with van der Waals surface area (Å²) in [6, 6.07) is 16.9. The molecule has 2 aromatic heterocycles. The van der Waals surface area contributed by atoms with Crippen LogP contribution in [0.4, 0.5) is 5.69 Å². The molecule has 2 aromatic carbocycles. The Morgan fingerprint density at radius 1 is 1.10 bits per heavy atom. The topological polar surface area (TPSA) is 89.3 Å². The maximum atomic E-state index is 12.9. The maximum absolute atomic E-state index is 12.9. The van der Waals surface area contributed by atoms with Crippen molar-refractivity contribution in [2.24, 2.45) is 13.0 Å². The van der Waals surface area contributed by atoms with E-state index in [0.29, 0.717) is 22.5 Å². The number of nitrogens with one attached hydrogen (secondary N) is 1. The van der Waals surface area contributed by atoms with E-state index in [0.717, 1.165) is 57.8 Å². The Bertz CT molecular complexity index is 1630. The van der Waals surface area contributed by atoms with Gasteiger partial charge in [-0.15, -0.1) is 0 Å². The summed E-state index contributed by atoms with van der Waals surface area (Å²) in [6.07, 6.45) is 2.63. The lowest BCUT2D eigenvalue weighted by Crippen LogP contribution is -2.28. The monoisotopic (exact) mass is 557 g/mol. The zero-order valence-electron chi connectivity index (χ0n) is 23.1. The molecule has 40 heavy (non-hydrogen) atoms. The Balaban J connectivity index is 1.45. The average molecular weight is 558 g/mol. The molecule has 9 heteroatoms. The minimum Gasteiger partial charge on any atom is -0.481 e.